The third kappa shape index (κ3) is 6.62. The topological polar surface area (TPSA) is 93.2 Å². The Balaban J connectivity index is 1.67. The van der Waals surface area contributed by atoms with Crippen molar-refractivity contribution in [3.05, 3.63) is 48.0 Å². The predicted octanol–water partition coefficient (Wildman–Crippen LogP) is 3.79. The van der Waals surface area contributed by atoms with Crippen molar-refractivity contribution in [2.24, 2.45) is 4.99 Å². The zero-order chi connectivity index (χ0) is 22.8. The molecule has 0 aromatic heterocycles. The maximum Gasteiger partial charge on any atom is 0.253 e. The van der Waals surface area contributed by atoms with Crippen LogP contribution < -0.4 is 25.4 Å². The lowest BCUT2D eigenvalue weighted by molar-refractivity contribution is -0.124. The molecular weight excluding hydrogens is 408 g/mol. The Bertz CT molecular complexity index is 926. The number of rotatable bonds is 9. The molecule has 0 aliphatic carbocycles. The van der Waals surface area contributed by atoms with E-state index < -0.39 is 0 Å². The summed E-state index contributed by atoms with van der Waals surface area (Å²) >= 11 is 0. The minimum Gasteiger partial charge on any atom is -0.493 e. The number of anilines is 2. The number of hydrogen-bond acceptors (Lipinski definition) is 5. The smallest absolute Gasteiger partial charge is 0.253 e. The largest absolute Gasteiger partial charge is 0.493 e. The van der Waals surface area contributed by atoms with Crippen LogP contribution in [-0.4, -0.2) is 44.8 Å². The number of amides is 1. The average Bonchev–Trinajstić information content (AvgIpc) is 3.34. The van der Waals surface area contributed by atoms with Crippen molar-refractivity contribution in [2.75, 3.05) is 37.5 Å². The van der Waals surface area contributed by atoms with E-state index in [0.29, 0.717) is 37.2 Å². The molecule has 2 aromatic carbocycles. The first-order chi connectivity index (χ1) is 15.6. The van der Waals surface area contributed by atoms with Gasteiger partial charge in [-0.3, -0.25) is 4.79 Å². The number of nitrogens with one attached hydrogen (secondary N) is 3. The second-order valence-electron chi connectivity index (χ2n) is 7.31. The normalized spacial score (nSPS) is 15.8. The van der Waals surface area contributed by atoms with E-state index >= 15 is 0 Å². The number of nitrogens with zero attached hydrogens (tertiary/aromatic N) is 1. The molecule has 3 rings (SSSR count). The van der Waals surface area contributed by atoms with Crippen LogP contribution in [0.2, 0.25) is 0 Å². The zero-order valence-electron chi connectivity index (χ0n) is 18.9. The van der Waals surface area contributed by atoms with Gasteiger partial charge in [-0.05, 0) is 56.5 Å². The molecule has 8 heteroatoms. The summed E-state index contributed by atoms with van der Waals surface area (Å²) in [5.41, 5.74) is 2.57. The van der Waals surface area contributed by atoms with E-state index in [4.69, 9.17) is 14.2 Å². The standard InChI is InChI=1S/C24H32N4O4/c1-4-25-24(28-19-11-12-20(30-3)22(15-19)31-5-2)26-16-17-8-6-9-18(14-17)27-23(29)21-10-7-13-32-21/h6,8-9,11-12,14-15,21H,4-5,7,10,13,16H2,1-3H3,(H,27,29)(H2,25,26,28). The van der Waals surface area contributed by atoms with Crippen LogP contribution in [0, 0.1) is 0 Å². The highest BCUT2D eigenvalue weighted by molar-refractivity contribution is 5.95. The van der Waals surface area contributed by atoms with Crippen LogP contribution in [0.1, 0.15) is 32.3 Å². The van der Waals surface area contributed by atoms with Gasteiger partial charge in [0.25, 0.3) is 5.91 Å². The lowest BCUT2D eigenvalue weighted by atomic mass is 10.2. The van der Waals surface area contributed by atoms with Gasteiger partial charge < -0.3 is 30.2 Å². The number of guanidine groups is 1. The number of methoxy groups -OCH3 is 1. The maximum absolute atomic E-state index is 12.3. The first-order valence-corrected chi connectivity index (χ1v) is 11.0. The van der Waals surface area contributed by atoms with Crippen LogP contribution in [0.3, 0.4) is 0 Å². The lowest BCUT2D eigenvalue weighted by Gasteiger charge is -2.15. The highest BCUT2D eigenvalue weighted by Gasteiger charge is 2.23. The molecule has 1 saturated heterocycles. The molecule has 1 amide bonds. The molecule has 1 unspecified atom stereocenters. The number of carbonyl (C=O) groups is 1. The summed E-state index contributed by atoms with van der Waals surface area (Å²) < 4.78 is 16.4. The molecule has 0 spiro atoms. The molecule has 0 radical (unpaired) electrons. The van der Waals surface area contributed by atoms with Crippen molar-refractivity contribution in [3.63, 3.8) is 0 Å². The van der Waals surface area contributed by atoms with Crippen molar-refractivity contribution in [2.45, 2.75) is 39.3 Å². The quantitative estimate of drug-likeness (QED) is 0.406. The molecule has 8 nitrogen and oxygen atoms in total. The summed E-state index contributed by atoms with van der Waals surface area (Å²) in [6.07, 6.45) is 1.34. The van der Waals surface area contributed by atoms with E-state index in [1.165, 1.54) is 0 Å². The van der Waals surface area contributed by atoms with Gasteiger partial charge >= 0.3 is 0 Å². The molecule has 1 atom stereocenters. The highest BCUT2D eigenvalue weighted by atomic mass is 16.5. The van der Waals surface area contributed by atoms with Crippen molar-refractivity contribution >= 4 is 23.2 Å². The molecular formula is C24H32N4O4. The summed E-state index contributed by atoms with van der Waals surface area (Å²) in [5, 5.41) is 9.48. The zero-order valence-corrected chi connectivity index (χ0v) is 18.9. The monoisotopic (exact) mass is 440 g/mol. The van der Waals surface area contributed by atoms with Crippen LogP contribution in [0.25, 0.3) is 0 Å². The summed E-state index contributed by atoms with van der Waals surface area (Å²) in [7, 11) is 1.62. The van der Waals surface area contributed by atoms with Gasteiger partial charge in [0.1, 0.15) is 6.10 Å². The van der Waals surface area contributed by atoms with E-state index in [1.807, 2.05) is 56.3 Å². The van der Waals surface area contributed by atoms with Crippen LogP contribution >= 0.6 is 0 Å². The summed E-state index contributed by atoms with van der Waals surface area (Å²) in [5.74, 6) is 1.91. The Morgan fingerprint density at radius 1 is 1.12 bits per heavy atom. The fourth-order valence-corrected chi connectivity index (χ4v) is 3.39. The number of aliphatic imine (C=N–C) groups is 1. The van der Waals surface area contributed by atoms with E-state index in [1.54, 1.807) is 7.11 Å². The van der Waals surface area contributed by atoms with Gasteiger partial charge in [0.05, 0.1) is 20.3 Å². The molecule has 1 heterocycles. The molecule has 0 bridgehead atoms. The summed E-state index contributed by atoms with van der Waals surface area (Å²) in [6.45, 7) is 6.31. The molecule has 2 aromatic rings. The average molecular weight is 441 g/mol. The first kappa shape index (κ1) is 23.4. The van der Waals surface area contributed by atoms with Gasteiger partial charge in [-0.2, -0.15) is 0 Å². The second-order valence-corrected chi connectivity index (χ2v) is 7.31. The number of carbonyl (C=O) groups excluding carboxylic acids is 1. The van der Waals surface area contributed by atoms with Gasteiger partial charge in [0.2, 0.25) is 0 Å². The van der Waals surface area contributed by atoms with Crippen molar-refractivity contribution in [1.29, 1.82) is 0 Å². The van der Waals surface area contributed by atoms with Crippen LogP contribution in [0.4, 0.5) is 11.4 Å². The van der Waals surface area contributed by atoms with Crippen molar-refractivity contribution < 1.29 is 19.0 Å². The van der Waals surface area contributed by atoms with E-state index in [0.717, 1.165) is 36.3 Å². The Labute approximate surface area is 189 Å². The molecule has 0 saturated carbocycles. The lowest BCUT2D eigenvalue weighted by Crippen LogP contribution is -2.30. The van der Waals surface area contributed by atoms with Crippen molar-refractivity contribution in [1.82, 2.24) is 5.32 Å². The molecule has 3 N–H and O–H groups in total. The summed E-state index contributed by atoms with van der Waals surface area (Å²) in [6, 6.07) is 13.4. The van der Waals surface area contributed by atoms with Crippen LogP contribution in [-0.2, 0) is 16.1 Å². The Kier molecular flexibility index (Phi) is 8.74. The van der Waals surface area contributed by atoms with Gasteiger partial charge in [-0.15, -0.1) is 0 Å². The Morgan fingerprint density at radius 3 is 2.69 bits per heavy atom. The van der Waals surface area contributed by atoms with Gasteiger partial charge in [-0.1, -0.05) is 12.1 Å². The first-order valence-electron chi connectivity index (χ1n) is 11.0. The number of benzene rings is 2. The third-order valence-electron chi connectivity index (χ3n) is 4.91. The van der Waals surface area contributed by atoms with E-state index in [-0.39, 0.29) is 12.0 Å². The van der Waals surface area contributed by atoms with Gasteiger partial charge in [0, 0.05) is 30.6 Å². The molecule has 172 valence electrons. The highest BCUT2D eigenvalue weighted by Crippen LogP contribution is 2.30. The van der Waals surface area contributed by atoms with Crippen molar-refractivity contribution in [3.8, 4) is 11.5 Å². The number of ether oxygens (including phenoxy) is 3. The number of hydrogen-bond donors (Lipinski definition) is 3. The molecule has 1 fully saturated rings. The van der Waals surface area contributed by atoms with E-state index in [9.17, 15) is 4.79 Å². The fraction of sp³-hybridized carbons (Fsp3) is 0.417. The van der Waals surface area contributed by atoms with Crippen LogP contribution in [0.5, 0.6) is 11.5 Å². The van der Waals surface area contributed by atoms with Crippen LogP contribution in [0.15, 0.2) is 47.5 Å². The van der Waals surface area contributed by atoms with E-state index in [2.05, 4.69) is 20.9 Å². The molecule has 1 aliphatic heterocycles. The third-order valence-corrected chi connectivity index (χ3v) is 4.91. The second kappa shape index (κ2) is 12.0. The maximum atomic E-state index is 12.3. The minimum atomic E-state index is -0.354. The Hall–Kier alpha value is -3.26. The molecule has 32 heavy (non-hydrogen) atoms. The summed E-state index contributed by atoms with van der Waals surface area (Å²) in [4.78, 5) is 17.0. The minimum absolute atomic E-state index is 0.0947. The molecule has 1 aliphatic rings. The SMILES string of the molecule is CCNC(=NCc1cccc(NC(=O)C2CCCO2)c1)Nc1ccc(OC)c(OCC)c1. The predicted molar refractivity (Wildman–Crippen MR) is 127 cm³/mol. The van der Waals surface area contributed by atoms with Gasteiger partial charge in [0.15, 0.2) is 17.5 Å². The fourth-order valence-electron chi connectivity index (χ4n) is 3.39. The Morgan fingerprint density at radius 2 is 1.97 bits per heavy atom. The van der Waals surface area contributed by atoms with Gasteiger partial charge in [-0.25, -0.2) is 4.99 Å².